The molecule has 0 spiro atoms. The van der Waals surface area contributed by atoms with E-state index in [2.05, 4.69) is 18.3 Å². The molecule has 0 aromatic heterocycles. The molecule has 1 unspecified atom stereocenters. The quantitative estimate of drug-likeness (QED) is 0.641. The largest absolute Gasteiger partial charge is 0.489 e. The Kier molecular flexibility index (Phi) is 7.07. The van der Waals surface area contributed by atoms with Crippen LogP contribution in [0.5, 0.6) is 5.75 Å². The molecule has 0 radical (unpaired) electrons. The first-order chi connectivity index (χ1) is 12.7. The highest BCUT2D eigenvalue weighted by molar-refractivity contribution is 5.33. The van der Waals surface area contributed by atoms with Crippen molar-refractivity contribution in [1.29, 1.82) is 0 Å². The Labute approximate surface area is 156 Å². The number of para-hydroxylation sites is 1. The van der Waals surface area contributed by atoms with E-state index in [0.29, 0.717) is 12.6 Å². The lowest BCUT2D eigenvalue weighted by molar-refractivity contribution is 0.294. The third-order valence-corrected chi connectivity index (χ3v) is 5.31. The van der Waals surface area contributed by atoms with Crippen molar-refractivity contribution in [3.05, 3.63) is 65.5 Å². The van der Waals surface area contributed by atoms with Gasteiger partial charge >= 0.3 is 0 Å². The lowest BCUT2D eigenvalue weighted by Gasteiger charge is -2.25. The van der Waals surface area contributed by atoms with Gasteiger partial charge in [0.2, 0.25) is 0 Å². The van der Waals surface area contributed by atoms with Gasteiger partial charge in [-0.05, 0) is 43.0 Å². The maximum Gasteiger partial charge on any atom is 0.124 e. The molecule has 2 nitrogen and oxygen atoms in total. The van der Waals surface area contributed by atoms with Gasteiger partial charge in [-0.2, -0.15) is 0 Å². The van der Waals surface area contributed by atoms with E-state index in [-0.39, 0.29) is 5.82 Å². The zero-order chi connectivity index (χ0) is 18.2. The normalized spacial score (nSPS) is 16.4. The summed E-state index contributed by atoms with van der Waals surface area (Å²) in [5, 5.41) is 3.65. The number of benzene rings is 2. The van der Waals surface area contributed by atoms with Crippen LogP contribution in [0.4, 0.5) is 4.39 Å². The molecule has 1 aliphatic rings. The molecule has 0 aliphatic heterocycles. The lowest BCUT2D eigenvalue weighted by Crippen LogP contribution is -2.28. The molecule has 0 saturated heterocycles. The van der Waals surface area contributed by atoms with Gasteiger partial charge in [0, 0.05) is 18.2 Å². The van der Waals surface area contributed by atoms with Crippen LogP contribution in [-0.4, -0.2) is 6.04 Å². The Morgan fingerprint density at radius 3 is 2.69 bits per heavy atom. The monoisotopic (exact) mass is 355 g/mol. The fraction of sp³-hybridized carbons (Fsp3) is 0.478. The molecule has 26 heavy (non-hydrogen) atoms. The van der Waals surface area contributed by atoms with Crippen LogP contribution in [0.2, 0.25) is 0 Å². The highest BCUT2D eigenvalue weighted by Crippen LogP contribution is 2.27. The van der Waals surface area contributed by atoms with Gasteiger partial charge in [-0.15, -0.1) is 0 Å². The Hall–Kier alpha value is -1.87. The maximum atomic E-state index is 13.3. The summed E-state index contributed by atoms with van der Waals surface area (Å²) in [7, 11) is 0. The number of hydrogen-bond acceptors (Lipinski definition) is 2. The molecule has 0 amide bonds. The predicted octanol–water partition coefficient (Wildman–Crippen LogP) is 5.85. The molecule has 3 rings (SSSR count). The van der Waals surface area contributed by atoms with Crippen molar-refractivity contribution in [3.63, 3.8) is 0 Å². The highest BCUT2D eigenvalue weighted by atomic mass is 19.1. The third kappa shape index (κ3) is 5.84. The van der Waals surface area contributed by atoms with Gasteiger partial charge in [0.15, 0.2) is 0 Å². The van der Waals surface area contributed by atoms with Gasteiger partial charge in [-0.1, -0.05) is 62.4 Å². The number of hydrogen-bond donors (Lipinski definition) is 1. The minimum Gasteiger partial charge on any atom is -0.489 e. The van der Waals surface area contributed by atoms with Gasteiger partial charge in [-0.3, -0.25) is 0 Å². The zero-order valence-corrected chi connectivity index (χ0v) is 15.7. The summed E-state index contributed by atoms with van der Waals surface area (Å²) in [6.07, 6.45) is 8.24. The third-order valence-electron chi connectivity index (χ3n) is 5.31. The first-order valence-electron chi connectivity index (χ1n) is 9.89. The summed E-state index contributed by atoms with van der Waals surface area (Å²) >= 11 is 0. The molecule has 2 aromatic rings. The second-order valence-electron chi connectivity index (χ2n) is 7.55. The van der Waals surface area contributed by atoms with Gasteiger partial charge in [0.05, 0.1) is 0 Å². The maximum absolute atomic E-state index is 13.3. The molecule has 3 heteroatoms. The smallest absolute Gasteiger partial charge is 0.124 e. The van der Waals surface area contributed by atoms with E-state index in [1.165, 1.54) is 50.7 Å². The van der Waals surface area contributed by atoms with E-state index in [9.17, 15) is 4.39 Å². The van der Waals surface area contributed by atoms with Crippen molar-refractivity contribution in [1.82, 2.24) is 5.32 Å². The van der Waals surface area contributed by atoms with E-state index < -0.39 is 0 Å². The standard InChI is InChI=1S/C23H30FNO/c1-18(14-19-8-3-2-4-9-19)25-16-21-11-5-6-13-23(21)26-17-20-10-7-12-22(24)15-20/h5-7,10-13,15,18-19,25H,2-4,8-9,14,16-17H2,1H3. The minimum atomic E-state index is -0.224. The molecule has 1 aliphatic carbocycles. The zero-order valence-electron chi connectivity index (χ0n) is 15.7. The molecule has 1 fully saturated rings. The first-order valence-corrected chi connectivity index (χ1v) is 9.89. The van der Waals surface area contributed by atoms with E-state index in [4.69, 9.17) is 4.74 Å². The molecular weight excluding hydrogens is 325 g/mol. The highest BCUT2D eigenvalue weighted by Gasteiger charge is 2.16. The Morgan fingerprint density at radius 2 is 1.88 bits per heavy atom. The van der Waals surface area contributed by atoms with Crippen molar-refractivity contribution in [2.24, 2.45) is 5.92 Å². The van der Waals surface area contributed by atoms with Crippen LogP contribution >= 0.6 is 0 Å². The van der Waals surface area contributed by atoms with Crippen molar-refractivity contribution in [2.45, 2.75) is 64.6 Å². The summed E-state index contributed by atoms with van der Waals surface area (Å²) in [6, 6.07) is 15.2. The Bertz CT molecular complexity index is 681. The van der Waals surface area contributed by atoms with Crippen LogP contribution in [0, 0.1) is 11.7 Å². The molecule has 140 valence electrons. The summed E-state index contributed by atoms with van der Waals surface area (Å²) in [5.41, 5.74) is 2.00. The van der Waals surface area contributed by atoms with Crippen LogP contribution < -0.4 is 10.1 Å². The van der Waals surface area contributed by atoms with Crippen LogP contribution in [0.25, 0.3) is 0 Å². The average Bonchev–Trinajstić information content (AvgIpc) is 2.66. The summed E-state index contributed by atoms with van der Waals surface area (Å²) in [4.78, 5) is 0. The topological polar surface area (TPSA) is 21.3 Å². The van der Waals surface area contributed by atoms with Gasteiger partial charge < -0.3 is 10.1 Å². The van der Waals surface area contributed by atoms with Crippen molar-refractivity contribution in [2.75, 3.05) is 0 Å². The number of ether oxygens (including phenoxy) is 1. The lowest BCUT2D eigenvalue weighted by atomic mass is 9.85. The van der Waals surface area contributed by atoms with Crippen LogP contribution in [0.1, 0.15) is 56.6 Å². The molecule has 1 N–H and O–H groups in total. The number of rotatable bonds is 8. The van der Waals surface area contributed by atoms with E-state index in [0.717, 1.165) is 29.3 Å². The van der Waals surface area contributed by atoms with Gasteiger partial charge in [0.1, 0.15) is 18.2 Å². The second-order valence-corrected chi connectivity index (χ2v) is 7.55. The SMILES string of the molecule is CC(CC1CCCCC1)NCc1ccccc1OCc1cccc(F)c1. The molecule has 0 bridgehead atoms. The fourth-order valence-corrected chi connectivity index (χ4v) is 3.87. The van der Waals surface area contributed by atoms with Crippen LogP contribution in [0.3, 0.4) is 0 Å². The molecule has 1 atom stereocenters. The molecular formula is C23H30FNO. The van der Waals surface area contributed by atoms with Crippen molar-refractivity contribution in [3.8, 4) is 5.75 Å². The van der Waals surface area contributed by atoms with Crippen LogP contribution in [-0.2, 0) is 13.2 Å². The van der Waals surface area contributed by atoms with Crippen molar-refractivity contribution < 1.29 is 9.13 Å². The van der Waals surface area contributed by atoms with Crippen molar-refractivity contribution >= 4 is 0 Å². The average molecular weight is 355 g/mol. The first kappa shape index (κ1) is 18.9. The molecule has 2 aromatic carbocycles. The fourth-order valence-electron chi connectivity index (χ4n) is 3.87. The second kappa shape index (κ2) is 9.72. The van der Waals surface area contributed by atoms with E-state index in [1.54, 1.807) is 6.07 Å². The summed E-state index contributed by atoms with van der Waals surface area (Å²) in [6.45, 7) is 3.46. The molecule has 1 saturated carbocycles. The number of halogens is 1. The Morgan fingerprint density at radius 1 is 1.08 bits per heavy atom. The summed E-state index contributed by atoms with van der Waals surface area (Å²) < 4.78 is 19.3. The van der Waals surface area contributed by atoms with E-state index >= 15 is 0 Å². The van der Waals surface area contributed by atoms with Gasteiger partial charge in [-0.25, -0.2) is 4.39 Å². The number of nitrogens with one attached hydrogen (secondary N) is 1. The molecule has 0 heterocycles. The van der Waals surface area contributed by atoms with Crippen LogP contribution in [0.15, 0.2) is 48.5 Å². The minimum absolute atomic E-state index is 0.224. The predicted molar refractivity (Wildman–Crippen MR) is 105 cm³/mol. The van der Waals surface area contributed by atoms with E-state index in [1.807, 2.05) is 24.3 Å². The summed E-state index contributed by atoms with van der Waals surface area (Å²) in [5.74, 6) is 1.53. The van der Waals surface area contributed by atoms with Gasteiger partial charge in [0.25, 0.3) is 0 Å². The Balaban J connectivity index is 1.51.